The zero-order valence-electron chi connectivity index (χ0n) is 13.0. The zero-order valence-corrected chi connectivity index (χ0v) is 13.8. The van der Waals surface area contributed by atoms with Gasteiger partial charge >= 0.3 is 0 Å². The van der Waals surface area contributed by atoms with Crippen LogP contribution in [0, 0.1) is 16.7 Å². The molecular formula is C18H21ClN2O. The van der Waals surface area contributed by atoms with Crippen LogP contribution in [0.4, 0.5) is 0 Å². The average Bonchev–Trinajstić information content (AvgIpc) is 3.01. The van der Waals surface area contributed by atoms with Crippen molar-refractivity contribution < 1.29 is 4.79 Å². The van der Waals surface area contributed by atoms with Gasteiger partial charge in [-0.15, -0.1) is 0 Å². The topological polar surface area (TPSA) is 41.5 Å². The van der Waals surface area contributed by atoms with Gasteiger partial charge in [-0.2, -0.15) is 5.10 Å². The first-order valence-electron chi connectivity index (χ1n) is 7.66. The predicted octanol–water partition coefficient (Wildman–Crippen LogP) is 4.17. The summed E-state index contributed by atoms with van der Waals surface area (Å²) in [6.45, 7) is 8.62. The average molecular weight is 317 g/mol. The lowest BCUT2D eigenvalue weighted by molar-refractivity contribution is -0.128. The Balaban J connectivity index is 1.73. The molecule has 2 bridgehead atoms. The van der Waals surface area contributed by atoms with Gasteiger partial charge in [0.1, 0.15) is 0 Å². The van der Waals surface area contributed by atoms with Crippen molar-refractivity contribution in [3.05, 3.63) is 47.0 Å². The van der Waals surface area contributed by atoms with Crippen LogP contribution in [0.2, 0.25) is 5.02 Å². The fourth-order valence-electron chi connectivity index (χ4n) is 3.99. The lowest BCUT2D eigenvalue weighted by Crippen LogP contribution is -2.39. The van der Waals surface area contributed by atoms with Crippen LogP contribution in [0.1, 0.15) is 38.7 Å². The first kappa shape index (κ1) is 15.3. The number of carbonyl (C=O) groups is 1. The number of nitrogens with zero attached hydrogens (tertiary/aromatic N) is 1. The summed E-state index contributed by atoms with van der Waals surface area (Å²) >= 11 is 6.07. The Labute approximate surface area is 136 Å². The van der Waals surface area contributed by atoms with Gasteiger partial charge < -0.3 is 0 Å². The second kappa shape index (κ2) is 5.24. The number of carbonyl (C=O) groups excluding carboxylic acids is 1. The van der Waals surface area contributed by atoms with Gasteiger partial charge in [-0.25, -0.2) is 5.43 Å². The van der Waals surface area contributed by atoms with Crippen molar-refractivity contribution in [2.24, 2.45) is 21.8 Å². The Hall–Kier alpha value is -1.61. The molecule has 3 rings (SSSR count). The summed E-state index contributed by atoms with van der Waals surface area (Å²) in [7, 11) is 0. The quantitative estimate of drug-likeness (QED) is 0.507. The first-order valence-corrected chi connectivity index (χ1v) is 8.03. The number of rotatable bonds is 3. The molecule has 0 aliphatic heterocycles. The Bertz CT molecular complexity index is 665. The molecule has 1 aromatic carbocycles. The molecule has 0 heterocycles. The van der Waals surface area contributed by atoms with Crippen molar-refractivity contribution in [1.82, 2.24) is 5.43 Å². The summed E-state index contributed by atoms with van der Waals surface area (Å²) in [6.07, 6.45) is 4.46. The minimum Gasteiger partial charge on any atom is -0.272 e. The summed E-state index contributed by atoms with van der Waals surface area (Å²) in [5.74, 6) is 0.521. The van der Waals surface area contributed by atoms with E-state index in [0.717, 1.165) is 30.4 Å². The Morgan fingerprint density at radius 3 is 2.82 bits per heavy atom. The minimum atomic E-state index is -0.439. The molecule has 0 saturated heterocycles. The fraction of sp³-hybridized carbons (Fsp3) is 0.444. The van der Waals surface area contributed by atoms with Crippen LogP contribution < -0.4 is 5.43 Å². The molecule has 0 spiro atoms. The molecule has 3 nitrogen and oxygen atoms in total. The first-order chi connectivity index (χ1) is 10.4. The normalized spacial score (nSPS) is 29.2. The van der Waals surface area contributed by atoms with Gasteiger partial charge in [0.15, 0.2) is 0 Å². The maximum absolute atomic E-state index is 12.7. The second-order valence-corrected chi connectivity index (χ2v) is 7.35. The molecule has 2 unspecified atom stereocenters. The van der Waals surface area contributed by atoms with E-state index < -0.39 is 5.41 Å². The number of hydrogen-bond acceptors (Lipinski definition) is 2. The summed E-state index contributed by atoms with van der Waals surface area (Å²) in [5.41, 5.74) is 4.15. The summed E-state index contributed by atoms with van der Waals surface area (Å²) in [6, 6.07) is 7.41. The van der Waals surface area contributed by atoms with E-state index in [2.05, 4.69) is 31.0 Å². The van der Waals surface area contributed by atoms with Gasteiger partial charge in [0.05, 0.1) is 11.6 Å². The van der Waals surface area contributed by atoms with E-state index in [1.807, 2.05) is 18.2 Å². The van der Waals surface area contributed by atoms with Crippen molar-refractivity contribution in [1.29, 1.82) is 0 Å². The monoisotopic (exact) mass is 316 g/mol. The van der Waals surface area contributed by atoms with E-state index in [1.165, 1.54) is 0 Å². The Kier molecular flexibility index (Phi) is 3.64. The molecule has 22 heavy (non-hydrogen) atoms. The maximum atomic E-state index is 12.7. The van der Waals surface area contributed by atoms with Crippen LogP contribution in [-0.4, -0.2) is 12.1 Å². The minimum absolute atomic E-state index is 0.0334. The van der Waals surface area contributed by atoms with Gasteiger partial charge in [0.2, 0.25) is 5.91 Å². The molecule has 2 atom stereocenters. The lowest BCUT2D eigenvalue weighted by Gasteiger charge is -2.36. The molecule has 1 N–H and O–H groups in total. The highest BCUT2D eigenvalue weighted by Crippen LogP contribution is 2.65. The molecule has 0 radical (unpaired) electrons. The molecule has 2 aliphatic rings. The molecule has 0 aromatic heterocycles. The van der Waals surface area contributed by atoms with Crippen LogP contribution in [-0.2, 0) is 4.79 Å². The number of hydrazone groups is 1. The number of nitrogens with one attached hydrogen (secondary N) is 1. The van der Waals surface area contributed by atoms with E-state index in [-0.39, 0.29) is 11.3 Å². The van der Waals surface area contributed by atoms with E-state index in [0.29, 0.717) is 10.9 Å². The van der Waals surface area contributed by atoms with Gasteiger partial charge in [-0.3, -0.25) is 4.79 Å². The van der Waals surface area contributed by atoms with Crippen LogP contribution in [0.25, 0.3) is 0 Å². The van der Waals surface area contributed by atoms with E-state index in [1.54, 1.807) is 12.3 Å². The van der Waals surface area contributed by atoms with Crippen molar-refractivity contribution in [3.8, 4) is 0 Å². The zero-order chi connectivity index (χ0) is 16.0. The van der Waals surface area contributed by atoms with Crippen molar-refractivity contribution in [2.45, 2.75) is 33.1 Å². The van der Waals surface area contributed by atoms with Crippen molar-refractivity contribution >= 4 is 23.7 Å². The molecule has 2 aliphatic carbocycles. The number of hydrogen-bond donors (Lipinski definition) is 1. The van der Waals surface area contributed by atoms with E-state index in [9.17, 15) is 4.79 Å². The lowest BCUT2D eigenvalue weighted by atomic mass is 9.68. The highest BCUT2D eigenvalue weighted by atomic mass is 35.5. The molecule has 116 valence electrons. The third-order valence-electron chi connectivity index (χ3n) is 5.60. The van der Waals surface area contributed by atoms with Crippen LogP contribution in [0.5, 0.6) is 0 Å². The Morgan fingerprint density at radius 2 is 2.18 bits per heavy atom. The predicted molar refractivity (Wildman–Crippen MR) is 89.9 cm³/mol. The molecule has 1 amide bonds. The fourth-order valence-corrected chi connectivity index (χ4v) is 4.17. The standard InChI is InChI=1S/C18H21ClN2O/c1-12-17(2,3)14-8-9-18(12,10-14)16(22)21-20-11-13-6-4-5-7-15(13)19/h4-7,11,14H,1,8-10H2,2-3H3,(H,21,22)/b20-11-. The second-order valence-electron chi connectivity index (χ2n) is 6.94. The highest BCUT2D eigenvalue weighted by Gasteiger charge is 2.60. The van der Waals surface area contributed by atoms with E-state index in [4.69, 9.17) is 11.6 Å². The summed E-state index contributed by atoms with van der Waals surface area (Å²) in [5, 5.41) is 4.71. The van der Waals surface area contributed by atoms with Crippen LogP contribution >= 0.6 is 11.6 Å². The molecule has 2 saturated carbocycles. The SMILES string of the molecule is C=C1C2(C(=O)N/N=C\c3ccccc3Cl)CCC(C2)C1(C)C. The third kappa shape index (κ3) is 2.19. The smallest absolute Gasteiger partial charge is 0.250 e. The molecule has 2 fully saturated rings. The van der Waals surface area contributed by atoms with Crippen molar-refractivity contribution in [3.63, 3.8) is 0 Å². The molecular weight excluding hydrogens is 296 g/mol. The van der Waals surface area contributed by atoms with Crippen LogP contribution in [0.3, 0.4) is 0 Å². The summed E-state index contributed by atoms with van der Waals surface area (Å²) in [4.78, 5) is 12.7. The maximum Gasteiger partial charge on any atom is 0.250 e. The van der Waals surface area contributed by atoms with Gasteiger partial charge in [-0.1, -0.05) is 55.8 Å². The summed E-state index contributed by atoms with van der Waals surface area (Å²) < 4.78 is 0. The Morgan fingerprint density at radius 1 is 1.45 bits per heavy atom. The molecule has 4 heteroatoms. The number of halogens is 1. The highest BCUT2D eigenvalue weighted by molar-refractivity contribution is 6.33. The van der Waals surface area contributed by atoms with E-state index >= 15 is 0 Å². The number of benzene rings is 1. The number of amides is 1. The van der Waals surface area contributed by atoms with Crippen LogP contribution in [0.15, 0.2) is 41.5 Å². The van der Waals surface area contributed by atoms with Gasteiger partial charge in [0.25, 0.3) is 0 Å². The third-order valence-corrected chi connectivity index (χ3v) is 5.94. The molecule has 1 aromatic rings. The van der Waals surface area contributed by atoms with Crippen molar-refractivity contribution in [2.75, 3.05) is 0 Å². The number of fused-ring (bicyclic) bond motifs is 2. The van der Waals surface area contributed by atoms with Gasteiger partial charge in [-0.05, 0) is 36.7 Å². The van der Waals surface area contributed by atoms with Gasteiger partial charge in [0, 0.05) is 10.6 Å². The largest absolute Gasteiger partial charge is 0.272 e.